The third kappa shape index (κ3) is 2.71. The first-order chi connectivity index (χ1) is 8.20. The van der Waals surface area contributed by atoms with Crippen LogP contribution in [0.5, 0.6) is 5.75 Å². The Kier molecular flexibility index (Phi) is 3.53. The van der Waals surface area contributed by atoms with Crippen molar-refractivity contribution in [2.75, 3.05) is 12.8 Å². The molecule has 90 valence electrons. The smallest absolute Gasteiger partial charge is 0.186 e. The Morgan fingerprint density at radius 3 is 2.94 bits per heavy atom. The van der Waals surface area contributed by atoms with Crippen LogP contribution in [0.4, 0.5) is 5.69 Å². The highest BCUT2D eigenvalue weighted by Crippen LogP contribution is 2.28. The maximum absolute atomic E-state index is 5.76. The summed E-state index contributed by atoms with van der Waals surface area (Å²) in [5.41, 5.74) is 7.55. The molecule has 0 bridgehead atoms. The Bertz CT molecular complexity index is 512. The number of hydrogen-bond acceptors (Lipinski definition) is 5. The third-order valence-corrected chi connectivity index (χ3v) is 3.41. The molecule has 0 amide bonds. The highest BCUT2D eigenvalue weighted by Gasteiger charge is 2.07. The minimum atomic E-state index is 0.736. The van der Waals surface area contributed by atoms with E-state index in [1.54, 1.807) is 29.9 Å². The molecule has 0 aliphatic heterocycles. The molecular weight excluding hydrogens is 236 g/mol. The van der Waals surface area contributed by atoms with E-state index in [-0.39, 0.29) is 0 Å². The maximum atomic E-state index is 5.76. The number of thioether (sulfide) groups is 1. The summed E-state index contributed by atoms with van der Waals surface area (Å²) in [5, 5.41) is 4.89. The number of nitrogens with two attached hydrogens (primary N) is 1. The van der Waals surface area contributed by atoms with E-state index in [1.807, 2.05) is 25.2 Å². The highest BCUT2D eigenvalue weighted by molar-refractivity contribution is 7.98. The summed E-state index contributed by atoms with van der Waals surface area (Å²) in [7, 11) is 3.52. The summed E-state index contributed by atoms with van der Waals surface area (Å²) >= 11 is 1.60. The predicted molar refractivity (Wildman–Crippen MR) is 68.0 cm³/mol. The minimum Gasteiger partial charge on any atom is -0.496 e. The molecule has 0 unspecified atom stereocenters. The minimum absolute atomic E-state index is 0.736. The summed E-state index contributed by atoms with van der Waals surface area (Å²) in [6.45, 7) is 0. The second-order valence-corrected chi connectivity index (χ2v) is 4.47. The first kappa shape index (κ1) is 11.8. The standard InChI is InChI=1S/C11H14N4OS/c1-15-11(13-7-14-15)17-6-8-5-9(12)3-4-10(8)16-2/h3-5,7H,6,12H2,1-2H3. The Morgan fingerprint density at radius 2 is 2.29 bits per heavy atom. The molecule has 0 radical (unpaired) electrons. The van der Waals surface area contributed by atoms with Crippen LogP contribution in [0.25, 0.3) is 0 Å². The van der Waals surface area contributed by atoms with Gasteiger partial charge in [0.15, 0.2) is 5.16 Å². The number of aromatic nitrogens is 3. The topological polar surface area (TPSA) is 66.0 Å². The Hall–Kier alpha value is -1.69. The highest BCUT2D eigenvalue weighted by atomic mass is 32.2. The van der Waals surface area contributed by atoms with E-state index in [0.29, 0.717) is 0 Å². The Balaban J connectivity index is 2.13. The SMILES string of the molecule is COc1ccc(N)cc1CSc1ncnn1C. The molecular formula is C11H14N4OS. The number of ether oxygens (including phenoxy) is 1. The molecule has 17 heavy (non-hydrogen) atoms. The van der Waals surface area contributed by atoms with Crippen molar-refractivity contribution in [1.82, 2.24) is 14.8 Å². The quantitative estimate of drug-likeness (QED) is 0.661. The van der Waals surface area contributed by atoms with E-state index in [4.69, 9.17) is 10.5 Å². The number of hydrogen-bond donors (Lipinski definition) is 1. The number of methoxy groups -OCH3 is 1. The molecule has 0 saturated heterocycles. The Labute approximate surface area is 104 Å². The predicted octanol–water partition coefficient (Wildman–Crippen LogP) is 1.70. The van der Waals surface area contributed by atoms with Crippen LogP contribution in [-0.4, -0.2) is 21.9 Å². The van der Waals surface area contributed by atoms with Crippen molar-refractivity contribution in [3.63, 3.8) is 0 Å². The summed E-state index contributed by atoms with van der Waals surface area (Å²) in [4.78, 5) is 4.15. The summed E-state index contributed by atoms with van der Waals surface area (Å²) < 4.78 is 7.03. The molecule has 5 nitrogen and oxygen atoms in total. The van der Waals surface area contributed by atoms with Gasteiger partial charge >= 0.3 is 0 Å². The molecule has 1 aromatic carbocycles. The maximum Gasteiger partial charge on any atom is 0.186 e. The fourth-order valence-corrected chi connectivity index (χ4v) is 2.34. The molecule has 2 rings (SSSR count). The van der Waals surface area contributed by atoms with Gasteiger partial charge in [-0.3, -0.25) is 0 Å². The van der Waals surface area contributed by atoms with Crippen LogP contribution in [0, 0.1) is 0 Å². The van der Waals surface area contributed by atoms with Gasteiger partial charge in [-0.1, -0.05) is 11.8 Å². The van der Waals surface area contributed by atoms with Gasteiger partial charge in [0.25, 0.3) is 0 Å². The van der Waals surface area contributed by atoms with Crippen molar-refractivity contribution >= 4 is 17.4 Å². The van der Waals surface area contributed by atoms with Gasteiger partial charge in [-0.2, -0.15) is 5.10 Å². The van der Waals surface area contributed by atoms with Gasteiger partial charge < -0.3 is 10.5 Å². The fourth-order valence-electron chi connectivity index (χ4n) is 1.47. The number of rotatable bonds is 4. The molecule has 0 aliphatic rings. The molecule has 0 spiro atoms. The molecule has 6 heteroatoms. The van der Waals surface area contributed by atoms with Crippen LogP contribution in [0.2, 0.25) is 0 Å². The zero-order valence-electron chi connectivity index (χ0n) is 9.75. The van der Waals surface area contributed by atoms with Crippen molar-refractivity contribution < 1.29 is 4.74 Å². The van der Waals surface area contributed by atoms with Crippen LogP contribution >= 0.6 is 11.8 Å². The largest absolute Gasteiger partial charge is 0.496 e. The summed E-state index contributed by atoms with van der Waals surface area (Å²) in [6, 6.07) is 5.62. The van der Waals surface area contributed by atoms with Gasteiger partial charge in [-0.15, -0.1) is 0 Å². The molecule has 1 heterocycles. The number of benzene rings is 1. The average Bonchev–Trinajstić information content (AvgIpc) is 2.72. The number of nitrogens with zero attached hydrogens (tertiary/aromatic N) is 3. The molecule has 0 aliphatic carbocycles. The van der Waals surface area contributed by atoms with E-state index < -0.39 is 0 Å². The van der Waals surface area contributed by atoms with Gasteiger partial charge in [0, 0.05) is 24.1 Å². The van der Waals surface area contributed by atoms with Crippen molar-refractivity contribution in [3.05, 3.63) is 30.1 Å². The zero-order valence-corrected chi connectivity index (χ0v) is 10.6. The van der Waals surface area contributed by atoms with Crippen LogP contribution in [0.15, 0.2) is 29.7 Å². The van der Waals surface area contributed by atoms with Gasteiger partial charge in [-0.05, 0) is 18.2 Å². The lowest BCUT2D eigenvalue weighted by Crippen LogP contribution is -1.96. The first-order valence-electron chi connectivity index (χ1n) is 5.10. The van der Waals surface area contributed by atoms with Gasteiger partial charge in [0.05, 0.1) is 7.11 Å². The molecule has 0 atom stereocenters. The van der Waals surface area contributed by atoms with Crippen LogP contribution in [0.1, 0.15) is 5.56 Å². The zero-order chi connectivity index (χ0) is 12.3. The van der Waals surface area contributed by atoms with E-state index in [0.717, 1.165) is 27.9 Å². The third-order valence-electron chi connectivity index (χ3n) is 2.33. The lowest BCUT2D eigenvalue weighted by molar-refractivity contribution is 0.411. The van der Waals surface area contributed by atoms with Crippen molar-refractivity contribution in [2.45, 2.75) is 10.9 Å². The molecule has 2 N–H and O–H groups in total. The van der Waals surface area contributed by atoms with Gasteiger partial charge in [0.1, 0.15) is 12.1 Å². The van der Waals surface area contributed by atoms with E-state index in [1.165, 1.54) is 0 Å². The second kappa shape index (κ2) is 5.09. The summed E-state index contributed by atoms with van der Waals surface area (Å²) in [6.07, 6.45) is 1.54. The van der Waals surface area contributed by atoms with Gasteiger partial charge in [-0.25, -0.2) is 9.67 Å². The average molecular weight is 250 g/mol. The van der Waals surface area contributed by atoms with E-state index in [9.17, 15) is 0 Å². The molecule has 1 aromatic heterocycles. The van der Waals surface area contributed by atoms with E-state index in [2.05, 4.69) is 10.1 Å². The normalized spacial score (nSPS) is 10.5. The van der Waals surface area contributed by atoms with Gasteiger partial charge in [0.2, 0.25) is 0 Å². The van der Waals surface area contributed by atoms with E-state index >= 15 is 0 Å². The molecule has 2 aromatic rings. The van der Waals surface area contributed by atoms with Crippen LogP contribution < -0.4 is 10.5 Å². The summed E-state index contributed by atoms with van der Waals surface area (Å²) in [5.74, 6) is 1.59. The van der Waals surface area contributed by atoms with Crippen molar-refractivity contribution in [2.24, 2.45) is 7.05 Å². The lowest BCUT2D eigenvalue weighted by atomic mass is 10.2. The fraction of sp³-hybridized carbons (Fsp3) is 0.273. The molecule has 0 fully saturated rings. The van der Waals surface area contributed by atoms with Crippen molar-refractivity contribution in [1.29, 1.82) is 0 Å². The Morgan fingerprint density at radius 1 is 1.47 bits per heavy atom. The number of aryl methyl sites for hydroxylation is 1. The van der Waals surface area contributed by atoms with Crippen LogP contribution in [0.3, 0.4) is 0 Å². The monoisotopic (exact) mass is 250 g/mol. The first-order valence-corrected chi connectivity index (χ1v) is 6.08. The second-order valence-electron chi connectivity index (χ2n) is 3.53. The lowest BCUT2D eigenvalue weighted by Gasteiger charge is -2.08. The number of nitrogen functional groups attached to an aromatic ring is 1. The number of anilines is 1. The van der Waals surface area contributed by atoms with Crippen molar-refractivity contribution in [3.8, 4) is 5.75 Å². The molecule has 0 saturated carbocycles. The van der Waals surface area contributed by atoms with Crippen LogP contribution in [-0.2, 0) is 12.8 Å².